The van der Waals surface area contributed by atoms with Gasteiger partial charge in [-0.25, -0.2) is 9.97 Å². The van der Waals surface area contributed by atoms with Gasteiger partial charge in [0.1, 0.15) is 22.4 Å². The number of hydrogen-bond donors (Lipinski definition) is 2. The van der Waals surface area contributed by atoms with Crippen molar-refractivity contribution in [3.63, 3.8) is 0 Å². The molecule has 170 valence electrons. The summed E-state index contributed by atoms with van der Waals surface area (Å²) < 4.78 is 5.22. The lowest BCUT2D eigenvalue weighted by atomic mass is 9.94. The van der Waals surface area contributed by atoms with E-state index in [-0.39, 0.29) is 12.3 Å². The summed E-state index contributed by atoms with van der Waals surface area (Å²) >= 11 is 1.46. The summed E-state index contributed by atoms with van der Waals surface area (Å²) in [5.41, 5.74) is 1.25. The second-order valence-electron chi connectivity index (χ2n) is 7.97. The highest BCUT2D eigenvalue weighted by atomic mass is 32.2. The second-order valence-corrected chi connectivity index (χ2v) is 9.07. The van der Waals surface area contributed by atoms with Crippen molar-refractivity contribution in [3.05, 3.63) is 66.0 Å². The molecule has 0 aliphatic carbocycles. The topological polar surface area (TPSA) is 108 Å². The van der Waals surface area contributed by atoms with Crippen molar-refractivity contribution in [1.82, 2.24) is 9.97 Å². The van der Waals surface area contributed by atoms with Gasteiger partial charge in [-0.2, -0.15) is 5.26 Å². The van der Waals surface area contributed by atoms with E-state index in [0.717, 1.165) is 16.3 Å². The predicted octanol–water partition coefficient (Wildman–Crippen LogP) is 5.54. The van der Waals surface area contributed by atoms with Gasteiger partial charge in [0, 0.05) is 23.1 Å². The Morgan fingerprint density at radius 3 is 2.58 bits per heavy atom. The van der Waals surface area contributed by atoms with Crippen LogP contribution in [-0.2, 0) is 11.2 Å². The molecule has 0 aliphatic rings. The van der Waals surface area contributed by atoms with Gasteiger partial charge in [-0.3, -0.25) is 4.79 Å². The third-order valence-electron chi connectivity index (χ3n) is 4.83. The quantitative estimate of drug-likeness (QED) is 0.378. The fourth-order valence-corrected chi connectivity index (χ4v) is 4.16. The molecule has 33 heavy (non-hydrogen) atoms. The van der Waals surface area contributed by atoms with Crippen LogP contribution in [0, 0.1) is 23.2 Å². The molecule has 1 atom stereocenters. The van der Waals surface area contributed by atoms with Gasteiger partial charge in [0.15, 0.2) is 0 Å². The third-order valence-corrected chi connectivity index (χ3v) is 5.76. The van der Waals surface area contributed by atoms with Gasteiger partial charge >= 0.3 is 5.97 Å². The molecule has 8 heteroatoms. The molecule has 0 fully saturated rings. The monoisotopic (exact) mass is 462 g/mol. The van der Waals surface area contributed by atoms with Crippen LogP contribution in [0.2, 0.25) is 0 Å². The average Bonchev–Trinajstić information content (AvgIpc) is 2.79. The van der Waals surface area contributed by atoms with Crippen LogP contribution in [0.3, 0.4) is 0 Å². The molecular formula is C25H26N4O3S. The molecule has 0 spiro atoms. The van der Waals surface area contributed by atoms with Crippen LogP contribution in [0.4, 0.5) is 11.5 Å². The molecular weight excluding hydrogens is 436 g/mol. The number of carboxylic acids is 1. The minimum Gasteiger partial charge on any atom is -0.497 e. The largest absolute Gasteiger partial charge is 0.497 e. The lowest BCUT2D eigenvalue weighted by Crippen LogP contribution is -2.20. The van der Waals surface area contributed by atoms with E-state index >= 15 is 0 Å². The zero-order valence-corrected chi connectivity index (χ0v) is 19.6. The van der Waals surface area contributed by atoms with Gasteiger partial charge in [-0.1, -0.05) is 31.7 Å². The summed E-state index contributed by atoms with van der Waals surface area (Å²) in [5.74, 6) is 0.591. The first-order valence-corrected chi connectivity index (χ1v) is 11.4. The number of nitriles is 1. The normalized spacial score (nSPS) is 11.6. The molecule has 3 aromatic rings. The molecule has 2 aromatic carbocycles. The number of anilines is 2. The number of ether oxygens (including phenoxy) is 1. The van der Waals surface area contributed by atoms with E-state index < -0.39 is 11.9 Å². The Hall–Kier alpha value is -3.57. The SMILES string of the molecule is COc1ccc(Sc2cc(Nc3cccc(C#N)c3)nc(CC(CC(C)C)C(=O)O)n2)cc1. The van der Waals surface area contributed by atoms with Crippen LogP contribution < -0.4 is 10.1 Å². The number of carboxylic acid groups (broad SMARTS) is 1. The highest BCUT2D eigenvalue weighted by Crippen LogP contribution is 2.30. The molecule has 0 saturated heterocycles. The van der Waals surface area contributed by atoms with Crippen LogP contribution >= 0.6 is 11.8 Å². The van der Waals surface area contributed by atoms with Crippen LogP contribution in [0.15, 0.2) is 64.5 Å². The van der Waals surface area contributed by atoms with E-state index in [1.54, 1.807) is 25.3 Å². The molecule has 3 rings (SSSR count). The van der Waals surface area contributed by atoms with Crippen LogP contribution in [-0.4, -0.2) is 28.2 Å². The Morgan fingerprint density at radius 1 is 1.18 bits per heavy atom. The molecule has 1 heterocycles. The van der Waals surface area contributed by atoms with E-state index in [2.05, 4.69) is 21.4 Å². The zero-order valence-electron chi connectivity index (χ0n) is 18.8. The average molecular weight is 463 g/mol. The van der Waals surface area contributed by atoms with Crippen molar-refractivity contribution in [2.24, 2.45) is 11.8 Å². The number of nitrogens with one attached hydrogen (secondary N) is 1. The number of rotatable bonds is 10. The Labute approximate surface area is 197 Å². The van der Waals surface area contributed by atoms with Crippen molar-refractivity contribution in [1.29, 1.82) is 5.26 Å². The van der Waals surface area contributed by atoms with Gasteiger partial charge < -0.3 is 15.2 Å². The van der Waals surface area contributed by atoms with Crippen LogP contribution in [0.25, 0.3) is 0 Å². The summed E-state index contributed by atoms with van der Waals surface area (Å²) in [6, 6.07) is 18.7. The van der Waals surface area contributed by atoms with Crippen molar-refractivity contribution in [2.45, 2.75) is 36.6 Å². The molecule has 1 unspecified atom stereocenters. The third kappa shape index (κ3) is 7.22. The first kappa shape index (κ1) is 24.1. The van der Waals surface area contributed by atoms with E-state index in [4.69, 9.17) is 10.00 Å². The van der Waals surface area contributed by atoms with Crippen molar-refractivity contribution >= 4 is 29.2 Å². The van der Waals surface area contributed by atoms with Crippen molar-refractivity contribution in [3.8, 4) is 11.8 Å². The highest BCUT2D eigenvalue weighted by molar-refractivity contribution is 7.99. The maximum Gasteiger partial charge on any atom is 0.306 e. The van der Waals surface area contributed by atoms with Crippen molar-refractivity contribution in [2.75, 3.05) is 12.4 Å². The number of nitrogens with zero attached hydrogens (tertiary/aromatic N) is 3. The van der Waals surface area contributed by atoms with E-state index in [1.165, 1.54) is 11.8 Å². The number of hydrogen-bond acceptors (Lipinski definition) is 7. The standard InChI is InChI=1S/C25H26N4O3S/c1-16(2)11-18(25(30)31)13-22-28-23(27-19-6-4-5-17(12-19)15-26)14-24(29-22)33-21-9-7-20(32-3)8-10-21/h4-10,12,14,16,18H,11,13H2,1-3H3,(H,30,31)(H,27,28,29). The first-order valence-electron chi connectivity index (χ1n) is 10.6. The van der Waals surface area contributed by atoms with Gasteiger partial charge in [-0.15, -0.1) is 0 Å². The summed E-state index contributed by atoms with van der Waals surface area (Å²) in [4.78, 5) is 22.0. The maximum atomic E-state index is 11.8. The number of carbonyl (C=O) groups is 1. The number of aliphatic carboxylic acids is 1. The molecule has 0 radical (unpaired) electrons. The molecule has 2 N–H and O–H groups in total. The minimum absolute atomic E-state index is 0.234. The predicted molar refractivity (Wildman–Crippen MR) is 128 cm³/mol. The van der Waals surface area contributed by atoms with E-state index in [0.29, 0.717) is 28.7 Å². The molecule has 0 saturated carbocycles. The summed E-state index contributed by atoms with van der Waals surface area (Å²) in [5, 5.41) is 22.8. The van der Waals surface area contributed by atoms with E-state index in [1.807, 2.05) is 50.2 Å². The first-order chi connectivity index (χ1) is 15.9. The van der Waals surface area contributed by atoms with Gasteiger partial charge in [-0.05, 0) is 54.8 Å². The van der Waals surface area contributed by atoms with Crippen LogP contribution in [0.1, 0.15) is 31.7 Å². The Bertz CT molecular complexity index is 1140. The Morgan fingerprint density at radius 2 is 1.94 bits per heavy atom. The minimum atomic E-state index is -0.850. The van der Waals surface area contributed by atoms with Crippen LogP contribution in [0.5, 0.6) is 5.75 Å². The Balaban J connectivity index is 1.92. The Kier molecular flexibility index (Phi) is 8.28. The zero-order chi connectivity index (χ0) is 23.8. The van der Waals surface area contributed by atoms with Gasteiger partial charge in [0.25, 0.3) is 0 Å². The molecule has 7 nitrogen and oxygen atoms in total. The van der Waals surface area contributed by atoms with Crippen molar-refractivity contribution < 1.29 is 14.6 Å². The molecule has 0 amide bonds. The smallest absolute Gasteiger partial charge is 0.306 e. The lowest BCUT2D eigenvalue weighted by molar-refractivity contribution is -0.142. The van der Waals surface area contributed by atoms with E-state index in [9.17, 15) is 9.90 Å². The number of methoxy groups -OCH3 is 1. The summed E-state index contributed by atoms with van der Waals surface area (Å²) in [6.07, 6.45) is 0.777. The molecule has 0 bridgehead atoms. The lowest BCUT2D eigenvalue weighted by Gasteiger charge is -2.15. The summed E-state index contributed by atoms with van der Waals surface area (Å²) in [6.45, 7) is 4.00. The highest BCUT2D eigenvalue weighted by Gasteiger charge is 2.21. The number of benzene rings is 2. The van der Waals surface area contributed by atoms with Gasteiger partial charge in [0.2, 0.25) is 0 Å². The van der Waals surface area contributed by atoms with Gasteiger partial charge in [0.05, 0.1) is 24.7 Å². The molecule has 1 aromatic heterocycles. The fourth-order valence-electron chi connectivity index (χ4n) is 3.32. The fraction of sp³-hybridized carbons (Fsp3) is 0.280. The molecule has 0 aliphatic heterocycles. The second kappa shape index (κ2) is 11.3. The maximum absolute atomic E-state index is 11.8. The summed E-state index contributed by atoms with van der Waals surface area (Å²) in [7, 11) is 1.62. The number of aromatic nitrogens is 2.